The molecule has 0 saturated carbocycles. The molecule has 1 heterocycles. The normalized spacial score (nSPS) is 11.2. The maximum Gasteiger partial charge on any atom is 0.262 e. The number of amides is 1. The van der Waals surface area contributed by atoms with E-state index in [4.69, 9.17) is 0 Å². The first-order chi connectivity index (χ1) is 14.5. The summed E-state index contributed by atoms with van der Waals surface area (Å²) in [5, 5.41) is 4.09. The molecule has 1 amide bonds. The van der Waals surface area contributed by atoms with Crippen LogP contribution in [-0.2, 0) is 11.3 Å². The molecule has 158 valence electrons. The Morgan fingerprint density at radius 1 is 1.13 bits per heavy atom. The van der Waals surface area contributed by atoms with Crippen molar-refractivity contribution < 1.29 is 4.79 Å². The molecule has 0 saturated heterocycles. The number of hydrogen-bond donors (Lipinski definition) is 1. The predicted octanol–water partition coefficient (Wildman–Crippen LogP) is 3.78. The smallest absolute Gasteiger partial charge is 0.262 e. The van der Waals surface area contributed by atoms with E-state index in [1.165, 1.54) is 11.8 Å². The van der Waals surface area contributed by atoms with Crippen LogP contribution in [0.25, 0.3) is 10.9 Å². The zero-order valence-electron chi connectivity index (χ0n) is 17.7. The first-order valence-electron chi connectivity index (χ1n) is 10.2. The van der Waals surface area contributed by atoms with Crippen molar-refractivity contribution in [2.24, 2.45) is 0 Å². The minimum Gasteiger partial charge on any atom is -0.325 e. The van der Waals surface area contributed by atoms with Gasteiger partial charge in [0.2, 0.25) is 5.91 Å². The average molecular weight is 425 g/mol. The van der Waals surface area contributed by atoms with E-state index < -0.39 is 0 Å². The predicted molar refractivity (Wildman–Crippen MR) is 124 cm³/mol. The molecule has 0 radical (unpaired) electrons. The molecule has 0 aliphatic carbocycles. The second-order valence-electron chi connectivity index (χ2n) is 7.10. The molecular formula is C23H28N4O2S. The largest absolute Gasteiger partial charge is 0.325 e. The van der Waals surface area contributed by atoms with Gasteiger partial charge in [-0.05, 0) is 49.8 Å². The van der Waals surface area contributed by atoms with Crippen LogP contribution in [0.2, 0.25) is 0 Å². The highest BCUT2D eigenvalue weighted by Gasteiger charge is 2.14. The number of rotatable bonds is 9. The Morgan fingerprint density at radius 2 is 1.90 bits per heavy atom. The molecule has 1 aromatic heterocycles. The summed E-state index contributed by atoms with van der Waals surface area (Å²) in [6.45, 7) is 9.35. The van der Waals surface area contributed by atoms with Gasteiger partial charge in [-0.25, -0.2) is 4.98 Å². The summed E-state index contributed by atoms with van der Waals surface area (Å²) >= 11 is 1.30. The molecule has 3 aromatic rings. The standard InChI is InChI=1S/C23H28N4O2S/c1-4-26(5-2)13-14-27-22(29)19-11-6-7-12-20(19)25-23(27)30-16-21(28)24-18-10-8-9-17(3)15-18/h6-12,15H,4-5,13-14,16H2,1-3H3,(H,24,28). The van der Waals surface area contributed by atoms with Crippen molar-refractivity contribution in [2.75, 3.05) is 30.7 Å². The topological polar surface area (TPSA) is 67.2 Å². The van der Waals surface area contributed by atoms with Crippen molar-refractivity contribution in [2.45, 2.75) is 32.5 Å². The van der Waals surface area contributed by atoms with Crippen LogP contribution in [0.1, 0.15) is 19.4 Å². The second kappa shape index (κ2) is 10.4. The van der Waals surface area contributed by atoms with Crippen molar-refractivity contribution in [1.82, 2.24) is 14.5 Å². The fourth-order valence-corrected chi connectivity index (χ4v) is 4.11. The second-order valence-corrected chi connectivity index (χ2v) is 8.04. The highest BCUT2D eigenvalue weighted by Crippen LogP contribution is 2.19. The lowest BCUT2D eigenvalue weighted by atomic mass is 10.2. The van der Waals surface area contributed by atoms with E-state index in [-0.39, 0.29) is 17.2 Å². The lowest BCUT2D eigenvalue weighted by molar-refractivity contribution is -0.113. The summed E-state index contributed by atoms with van der Waals surface area (Å²) in [7, 11) is 0. The molecule has 3 rings (SSSR count). The lowest BCUT2D eigenvalue weighted by Crippen LogP contribution is -2.32. The van der Waals surface area contributed by atoms with E-state index in [9.17, 15) is 9.59 Å². The Hall–Kier alpha value is -2.64. The quantitative estimate of drug-likeness (QED) is 0.418. The number of thioether (sulfide) groups is 1. The third-order valence-corrected chi connectivity index (χ3v) is 5.97. The number of nitrogens with one attached hydrogen (secondary N) is 1. The number of nitrogens with zero attached hydrogens (tertiary/aromatic N) is 3. The number of aromatic nitrogens is 2. The number of anilines is 1. The van der Waals surface area contributed by atoms with Gasteiger partial charge in [0.05, 0.1) is 16.7 Å². The zero-order chi connectivity index (χ0) is 21.5. The number of para-hydroxylation sites is 1. The zero-order valence-corrected chi connectivity index (χ0v) is 18.5. The summed E-state index contributed by atoms with van der Waals surface area (Å²) in [5.41, 5.74) is 2.45. The highest BCUT2D eigenvalue weighted by molar-refractivity contribution is 7.99. The summed E-state index contributed by atoms with van der Waals surface area (Å²) in [4.78, 5) is 32.5. The fourth-order valence-electron chi connectivity index (χ4n) is 3.29. The van der Waals surface area contributed by atoms with E-state index in [0.29, 0.717) is 22.6 Å². The Morgan fingerprint density at radius 3 is 2.63 bits per heavy atom. The third-order valence-electron chi connectivity index (χ3n) is 5.00. The van der Waals surface area contributed by atoms with Gasteiger partial charge in [0, 0.05) is 18.8 Å². The fraction of sp³-hybridized carbons (Fsp3) is 0.348. The van der Waals surface area contributed by atoms with E-state index in [1.54, 1.807) is 10.6 Å². The molecule has 0 bridgehead atoms. The van der Waals surface area contributed by atoms with Crippen LogP contribution in [0.15, 0.2) is 58.5 Å². The van der Waals surface area contributed by atoms with Crippen molar-refractivity contribution >= 4 is 34.3 Å². The van der Waals surface area contributed by atoms with Crippen molar-refractivity contribution in [3.8, 4) is 0 Å². The molecule has 7 heteroatoms. The van der Waals surface area contributed by atoms with Crippen LogP contribution < -0.4 is 10.9 Å². The minimum atomic E-state index is -0.122. The number of likely N-dealkylation sites (N-methyl/N-ethyl adjacent to an activating group) is 1. The Labute approximate surface area is 181 Å². The van der Waals surface area contributed by atoms with E-state index in [1.807, 2.05) is 49.4 Å². The molecule has 0 atom stereocenters. The van der Waals surface area contributed by atoms with Crippen LogP contribution in [-0.4, -0.2) is 45.7 Å². The summed E-state index contributed by atoms with van der Waals surface area (Å²) < 4.78 is 1.70. The number of carbonyl (C=O) groups is 1. The maximum absolute atomic E-state index is 13.1. The number of fused-ring (bicyclic) bond motifs is 1. The SMILES string of the molecule is CCN(CC)CCn1c(SCC(=O)Nc2cccc(C)c2)nc2ccccc2c1=O. The molecule has 1 N–H and O–H groups in total. The molecule has 2 aromatic carbocycles. The van der Waals surface area contributed by atoms with Gasteiger partial charge in [0.1, 0.15) is 0 Å². The van der Waals surface area contributed by atoms with E-state index in [0.717, 1.165) is 30.9 Å². The van der Waals surface area contributed by atoms with Gasteiger partial charge in [-0.1, -0.05) is 49.9 Å². The highest BCUT2D eigenvalue weighted by atomic mass is 32.2. The van der Waals surface area contributed by atoms with Gasteiger partial charge in [0.15, 0.2) is 5.16 Å². The van der Waals surface area contributed by atoms with Crippen LogP contribution in [0.5, 0.6) is 0 Å². The molecule has 0 fully saturated rings. The third kappa shape index (κ3) is 5.49. The first kappa shape index (κ1) is 22.1. The molecule has 0 aliphatic heterocycles. The van der Waals surface area contributed by atoms with Crippen molar-refractivity contribution in [1.29, 1.82) is 0 Å². The van der Waals surface area contributed by atoms with E-state index >= 15 is 0 Å². The van der Waals surface area contributed by atoms with Gasteiger partial charge in [-0.15, -0.1) is 0 Å². The molecule has 0 aliphatic rings. The monoisotopic (exact) mass is 424 g/mol. The van der Waals surface area contributed by atoms with Gasteiger partial charge < -0.3 is 10.2 Å². The van der Waals surface area contributed by atoms with Gasteiger partial charge in [-0.3, -0.25) is 14.2 Å². The Kier molecular flexibility index (Phi) is 7.65. The molecule has 6 nitrogen and oxygen atoms in total. The molecular weight excluding hydrogens is 396 g/mol. The number of aryl methyl sites for hydroxylation is 1. The Bertz CT molecular complexity index is 1080. The van der Waals surface area contributed by atoms with E-state index in [2.05, 4.69) is 29.0 Å². The maximum atomic E-state index is 13.1. The van der Waals surface area contributed by atoms with Crippen LogP contribution in [0.4, 0.5) is 5.69 Å². The summed E-state index contributed by atoms with van der Waals surface area (Å²) in [6.07, 6.45) is 0. The average Bonchev–Trinajstić information content (AvgIpc) is 2.74. The number of hydrogen-bond acceptors (Lipinski definition) is 5. The minimum absolute atomic E-state index is 0.0608. The van der Waals surface area contributed by atoms with Crippen molar-refractivity contribution in [3.63, 3.8) is 0 Å². The van der Waals surface area contributed by atoms with Crippen LogP contribution >= 0.6 is 11.8 Å². The number of benzene rings is 2. The Balaban J connectivity index is 1.81. The summed E-state index contributed by atoms with van der Waals surface area (Å²) in [5.74, 6) is 0.0626. The van der Waals surface area contributed by atoms with Gasteiger partial charge >= 0.3 is 0 Å². The van der Waals surface area contributed by atoms with Gasteiger partial charge in [0.25, 0.3) is 5.56 Å². The van der Waals surface area contributed by atoms with Crippen LogP contribution in [0.3, 0.4) is 0 Å². The molecule has 0 unspecified atom stereocenters. The molecule has 0 spiro atoms. The first-order valence-corrected chi connectivity index (χ1v) is 11.2. The number of carbonyl (C=O) groups excluding carboxylic acids is 1. The summed E-state index contributed by atoms with van der Waals surface area (Å²) in [6, 6.07) is 15.0. The van der Waals surface area contributed by atoms with Gasteiger partial charge in [-0.2, -0.15) is 0 Å². The van der Waals surface area contributed by atoms with Crippen LogP contribution in [0, 0.1) is 6.92 Å². The van der Waals surface area contributed by atoms with Crippen molar-refractivity contribution in [3.05, 3.63) is 64.4 Å². The lowest BCUT2D eigenvalue weighted by Gasteiger charge is -2.20. The molecule has 30 heavy (non-hydrogen) atoms.